The average molecular weight is 263 g/mol. The Labute approximate surface area is 94.3 Å². The van der Waals surface area contributed by atoms with E-state index >= 15 is 0 Å². The lowest BCUT2D eigenvalue weighted by Gasteiger charge is -2.00. The predicted molar refractivity (Wildman–Crippen MR) is 64.8 cm³/mol. The van der Waals surface area contributed by atoms with Crippen LogP contribution in [-0.4, -0.2) is 16.3 Å². The molecule has 3 nitrogen and oxygen atoms in total. The molecule has 4 heteroatoms. The van der Waals surface area contributed by atoms with Crippen LogP contribution in [0.25, 0.3) is 17.0 Å². The van der Waals surface area contributed by atoms with Crippen molar-refractivity contribution in [3.63, 3.8) is 0 Å². The Kier molecular flexibility index (Phi) is 1.73. The molecule has 0 bridgehead atoms. The molecule has 1 aliphatic heterocycles. The van der Waals surface area contributed by atoms with E-state index in [-0.39, 0.29) is 5.88 Å². The van der Waals surface area contributed by atoms with E-state index in [9.17, 15) is 5.11 Å². The number of benzene rings is 1. The van der Waals surface area contributed by atoms with Gasteiger partial charge in [0.05, 0.1) is 5.52 Å². The van der Waals surface area contributed by atoms with Gasteiger partial charge < -0.3 is 10.1 Å². The van der Waals surface area contributed by atoms with Gasteiger partial charge in [-0.05, 0) is 18.2 Å². The summed E-state index contributed by atoms with van der Waals surface area (Å²) in [7, 11) is 0. The number of H-pyrrole nitrogens is 1. The lowest BCUT2D eigenvalue weighted by molar-refractivity contribution is 0.460. The lowest BCUT2D eigenvalue weighted by atomic mass is 10.1. The first kappa shape index (κ1) is 8.73. The van der Waals surface area contributed by atoms with E-state index < -0.39 is 0 Å². The first-order chi connectivity index (χ1) is 7.27. The van der Waals surface area contributed by atoms with Crippen LogP contribution in [0.5, 0.6) is 5.88 Å². The molecule has 2 N–H and O–H groups in total. The number of nitrogens with one attached hydrogen (secondary N) is 1. The molecule has 0 spiro atoms. The van der Waals surface area contributed by atoms with Crippen molar-refractivity contribution in [3.8, 4) is 5.88 Å². The number of allylic oxidation sites excluding steroid dienone is 1. The van der Waals surface area contributed by atoms with Gasteiger partial charge in [0, 0.05) is 21.6 Å². The highest BCUT2D eigenvalue weighted by molar-refractivity contribution is 9.10. The SMILES string of the molecule is Oc1[nH]c2ccc(Br)c3c2c1N=CC=C3. The topological polar surface area (TPSA) is 48.4 Å². The number of aromatic hydroxyl groups is 1. The van der Waals surface area contributed by atoms with Crippen molar-refractivity contribution in [3.05, 3.63) is 28.2 Å². The molecule has 0 fully saturated rings. The molecule has 0 saturated carbocycles. The van der Waals surface area contributed by atoms with E-state index in [1.165, 1.54) is 0 Å². The Morgan fingerprint density at radius 1 is 1.33 bits per heavy atom. The van der Waals surface area contributed by atoms with E-state index in [2.05, 4.69) is 25.9 Å². The zero-order chi connectivity index (χ0) is 10.4. The number of nitrogens with zero attached hydrogens (tertiary/aromatic N) is 1. The maximum Gasteiger partial charge on any atom is 0.216 e. The van der Waals surface area contributed by atoms with Crippen molar-refractivity contribution in [2.45, 2.75) is 0 Å². The summed E-state index contributed by atoms with van der Waals surface area (Å²) in [4.78, 5) is 7.09. The molecule has 0 unspecified atom stereocenters. The standard InChI is InChI=1S/C11H7BrN2O/c12-7-3-4-8-9-6(7)2-1-5-13-10(9)11(15)14-8/h1-5,14-15H. The third-order valence-electron chi connectivity index (χ3n) is 2.46. The molecule has 2 heterocycles. The van der Waals surface area contributed by atoms with Crippen LogP contribution < -0.4 is 0 Å². The minimum atomic E-state index is 0.115. The summed E-state index contributed by atoms with van der Waals surface area (Å²) >= 11 is 3.49. The van der Waals surface area contributed by atoms with Crippen LogP contribution in [0.15, 0.2) is 27.7 Å². The van der Waals surface area contributed by atoms with E-state index in [1.54, 1.807) is 6.21 Å². The molecule has 2 aromatic rings. The lowest BCUT2D eigenvalue weighted by Crippen LogP contribution is -1.77. The Bertz CT molecular complexity index is 611. The van der Waals surface area contributed by atoms with Crippen LogP contribution in [0.2, 0.25) is 0 Å². The van der Waals surface area contributed by atoms with Gasteiger partial charge in [0.15, 0.2) is 0 Å². The molecule has 1 aromatic heterocycles. The fourth-order valence-electron chi connectivity index (χ4n) is 1.80. The van der Waals surface area contributed by atoms with Crippen LogP contribution in [0.4, 0.5) is 5.69 Å². The molecule has 0 atom stereocenters. The number of aliphatic imine (C=N–C) groups is 1. The second-order valence-electron chi connectivity index (χ2n) is 3.34. The summed E-state index contributed by atoms with van der Waals surface area (Å²) in [5.74, 6) is 0.115. The molecule has 0 amide bonds. The van der Waals surface area contributed by atoms with Crippen molar-refractivity contribution >= 4 is 44.8 Å². The summed E-state index contributed by atoms with van der Waals surface area (Å²) in [5, 5.41) is 10.6. The number of halogens is 1. The normalized spacial score (nSPS) is 13.4. The van der Waals surface area contributed by atoms with Crippen molar-refractivity contribution in [2.24, 2.45) is 4.99 Å². The third kappa shape index (κ3) is 1.15. The van der Waals surface area contributed by atoms with Gasteiger partial charge in [0.1, 0.15) is 5.69 Å². The van der Waals surface area contributed by atoms with Gasteiger partial charge in [0.25, 0.3) is 0 Å². The molecule has 0 saturated heterocycles. The highest BCUT2D eigenvalue weighted by Gasteiger charge is 2.15. The minimum absolute atomic E-state index is 0.115. The smallest absolute Gasteiger partial charge is 0.216 e. The highest BCUT2D eigenvalue weighted by Crippen LogP contribution is 2.41. The molecular weight excluding hydrogens is 256 g/mol. The van der Waals surface area contributed by atoms with Gasteiger partial charge in [-0.15, -0.1) is 0 Å². The van der Waals surface area contributed by atoms with E-state index in [0.717, 1.165) is 20.9 Å². The number of aromatic amines is 1. The van der Waals surface area contributed by atoms with E-state index in [1.807, 2.05) is 24.3 Å². The largest absolute Gasteiger partial charge is 0.493 e. The van der Waals surface area contributed by atoms with Gasteiger partial charge in [-0.25, -0.2) is 0 Å². The molecule has 1 aliphatic rings. The predicted octanol–water partition coefficient (Wildman–Crippen LogP) is 3.37. The Morgan fingerprint density at radius 2 is 2.20 bits per heavy atom. The van der Waals surface area contributed by atoms with Crippen LogP contribution >= 0.6 is 15.9 Å². The van der Waals surface area contributed by atoms with Crippen LogP contribution in [0.3, 0.4) is 0 Å². The van der Waals surface area contributed by atoms with Gasteiger partial charge in [-0.1, -0.05) is 22.0 Å². The first-order valence-electron chi connectivity index (χ1n) is 4.51. The molecule has 15 heavy (non-hydrogen) atoms. The second-order valence-corrected chi connectivity index (χ2v) is 4.20. The molecule has 1 aromatic carbocycles. The molecule has 0 radical (unpaired) electrons. The van der Waals surface area contributed by atoms with E-state index in [4.69, 9.17) is 0 Å². The third-order valence-corrected chi connectivity index (χ3v) is 3.15. The minimum Gasteiger partial charge on any atom is -0.493 e. The number of hydrogen-bond acceptors (Lipinski definition) is 2. The average Bonchev–Trinajstić information content (AvgIpc) is 2.44. The van der Waals surface area contributed by atoms with Gasteiger partial charge in [0.2, 0.25) is 5.88 Å². The molecular formula is C11H7BrN2O. The quantitative estimate of drug-likeness (QED) is 0.752. The summed E-state index contributed by atoms with van der Waals surface area (Å²) in [6, 6.07) is 3.87. The van der Waals surface area contributed by atoms with E-state index in [0.29, 0.717) is 5.69 Å². The van der Waals surface area contributed by atoms with Crippen molar-refractivity contribution in [1.29, 1.82) is 0 Å². The Hall–Kier alpha value is -1.55. The highest BCUT2D eigenvalue weighted by atomic mass is 79.9. The monoisotopic (exact) mass is 262 g/mol. The Morgan fingerprint density at radius 3 is 3.07 bits per heavy atom. The zero-order valence-electron chi connectivity index (χ0n) is 7.66. The van der Waals surface area contributed by atoms with Crippen molar-refractivity contribution < 1.29 is 5.11 Å². The van der Waals surface area contributed by atoms with Crippen LogP contribution in [0, 0.1) is 0 Å². The molecule has 74 valence electrons. The number of hydrogen-bond donors (Lipinski definition) is 2. The Balaban J connectivity index is 2.58. The fourth-order valence-corrected chi connectivity index (χ4v) is 2.27. The maximum absolute atomic E-state index is 9.70. The van der Waals surface area contributed by atoms with Crippen LogP contribution in [-0.2, 0) is 0 Å². The summed E-state index contributed by atoms with van der Waals surface area (Å²) in [6.07, 6.45) is 5.51. The van der Waals surface area contributed by atoms with Gasteiger partial charge >= 0.3 is 0 Å². The van der Waals surface area contributed by atoms with Crippen molar-refractivity contribution in [2.75, 3.05) is 0 Å². The molecule has 3 rings (SSSR count). The fraction of sp³-hybridized carbons (Fsp3) is 0. The maximum atomic E-state index is 9.70. The number of rotatable bonds is 0. The van der Waals surface area contributed by atoms with Crippen LogP contribution in [0.1, 0.15) is 5.56 Å². The summed E-state index contributed by atoms with van der Waals surface area (Å²) in [5.41, 5.74) is 2.53. The summed E-state index contributed by atoms with van der Waals surface area (Å²) in [6.45, 7) is 0. The van der Waals surface area contributed by atoms with Gasteiger partial charge in [-0.3, -0.25) is 4.99 Å². The second kappa shape index (κ2) is 2.97. The van der Waals surface area contributed by atoms with Gasteiger partial charge in [-0.2, -0.15) is 0 Å². The number of aromatic nitrogens is 1. The zero-order valence-corrected chi connectivity index (χ0v) is 9.25. The molecule has 0 aliphatic carbocycles. The summed E-state index contributed by atoms with van der Waals surface area (Å²) < 4.78 is 0.997. The first-order valence-corrected chi connectivity index (χ1v) is 5.30. The van der Waals surface area contributed by atoms with Crippen molar-refractivity contribution in [1.82, 2.24) is 4.98 Å².